The lowest BCUT2D eigenvalue weighted by molar-refractivity contribution is 0.0954. The molecular weight excluding hydrogens is 324 g/mol. The molecule has 1 amide bonds. The highest BCUT2D eigenvalue weighted by atomic mass is 35.5. The molecule has 5 heteroatoms. The molecule has 2 aromatic rings. The van der Waals surface area contributed by atoms with Crippen LogP contribution in [-0.2, 0) is 11.2 Å². The topological polar surface area (TPSA) is 41.6 Å². The largest absolute Gasteiger partial charge is 0.378 e. The van der Waals surface area contributed by atoms with Gasteiger partial charge >= 0.3 is 0 Å². The summed E-state index contributed by atoms with van der Waals surface area (Å²) in [6.07, 6.45) is 0.801. The summed E-state index contributed by atoms with van der Waals surface area (Å²) in [4.78, 5) is 14.4. The van der Waals surface area contributed by atoms with Gasteiger partial charge in [0.15, 0.2) is 0 Å². The van der Waals surface area contributed by atoms with Crippen LogP contribution in [0.2, 0.25) is 5.02 Å². The van der Waals surface area contributed by atoms with Crippen molar-refractivity contribution in [2.75, 3.05) is 37.7 Å². The van der Waals surface area contributed by atoms with Crippen LogP contribution in [0.1, 0.15) is 15.9 Å². The predicted octanol–water partition coefficient (Wildman–Crippen LogP) is 3.15. The van der Waals surface area contributed by atoms with Crippen molar-refractivity contribution >= 4 is 23.2 Å². The lowest BCUT2D eigenvalue weighted by atomic mass is 10.1. The molecule has 126 valence electrons. The minimum absolute atomic E-state index is 0.0950. The molecule has 0 aromatic heterocycles. The van der Waals surface area contributed by atoms with Crippen LogP contribution in [0.15, 0.2) is 48.5 Å². The van der Waals surface area contributed by atoms with Gasteiger partial charge in [-0.2, -0.15) is 0 Å². The van der Waals surface area contributed by atoms with E-state index in [9.17, 15) is 4.79 Å². The number of halogens is 1. The van der Waals surface area contributed by atoms with E-state index in [0.29, 0.717) is 17.1 Å². The summed E-state index contributed by atoms with van der Waals surface area (Å²) in [5.74, 6) is -0.0950. The first kappa shape index (κ1) is 16.8. The number of carbonyl (C=O) groups is 1. The summed E-state index contributed by atoms with van der Waals surface area (Å²) in [5, 5.41) is 3.50. The van der Waals surface area contributed by atoms with E-state index < -0.39 is 0 Å². The van der Waals surface area contributed by atoms with E-state index in [-0.39, 0.29) is 5.91 Å². The van der Waals surface area contributed by atoms with Gasteiger partial charge in [-0.25, -0.2) is 0 Å². The first-order valence-corrected chi connectivity index (χ1v) is 8.55. The van der Waals surface area contributed by atoms with Crippen LogP contribution in [0.25, 0.3) is 0 Å². The molecule has 3 rings (SSSR count). The molecule has 2 aromatic carbocycles. The number of rotatable bonds is 5. The smallest absolute Gasteiger partial charge is 0.251 e. The maximum Gasteiger partial charge on any atom is 0.251 e. The van der Waals surface area contributed by atoms with E-state index >= 15 is 0 Å². The molecule has 0 unspecified atom stereocenters. The van der Waals surface area contributed by atoms with E-state index in [0.717, 1.165) is 32.7 Å². The Hall–Kier alpha value is -2.04. The number of benzene rings is 2. The van der Waals surface area contributed by atoms with Crippen molar-refractivity contribution in [3.8, 4) is 0 Å². The lowest BCUT2D eigenvalue weighted by Crippen LogP contribution is -2.36. The van der Waals surface area contributed by atoms with E-state index in [1.807, 2.05) is 0 Å². The second-order valence-electron chi connectivity index (χ2n) is 5.78. The van der Waals surface area contributed by atoms with Crippen LogP contribution in [0, 0.1) is 0 Å². The van der Waals surface area contributed by atoms with Crippen LogP contribution in [0.3, 0.4) is 0 Å². The maximum absolute atomic E-state index is 12.1. The van der Waals surface area contributed by atoms with Crippen molar-refractivity contribution in [3.05, 3.63) is 64.7 Å². The molecule has 1 N–H and O–H groups in total. The molecule has 1 saturated heterocycles. The van der Waals surface area contributed by atoms with Crippen LogP contribution >= 0.6 is 11.6 Å². The number of ether oxygens (including phenoxy) is 1. The Kier molecular flexibility index (Phi) is 5.72. The normalized spacial score (nSPS) is 14.5. The Morgan fingerprint density at radius 3 is 2.58 bits per heavy atom. The Labute approximate surface area is 147 Å². The molecule has 0 spiro atoms. The summed E-state index contributed by atoms with van der Waals surface area (Å²) in [7, 11) is 0. The van der Waals surface area contributed by atoms with E-state index in [2.05, 4.69) is 34.5 Å². The number of hydrogen-bond acceptors (Lipinski definition) is 3. The number of nitrogens with one attached hydrogen (secondary N) is 1. The fourth-order valence-corrected chi connectivity index (χ4v) is 2.94. The fraction of sp³-hybridized carbons (Fsp3) is 0.316. The first-order chi connectivity index (χ1) is 11.7. The Morgan fingerprint density at radius 2 is 1.88 bits per heavy atom. The summed E-state index contributed by atoms with van der Waals surface area (Å²) >= 11 is 5.91. The van der Waals surface area contributed by atoms with E-state index in [1.165, 1.54) is 11.3 Å². The molecule has 0 bridgehead atoms. The molecule has 1 aliphatic rings. The third-order valence-corrected chi connectivity index (χ3v) is 4.33. The van der Waals surface area contributed by atoms with Crippen molar-refractivity contribution in [1.82, 2.24) is 5.32 Å². The van der Waals surface area contributed by atoms with E-state index in [1.54, 1.807) is 24.3 Å². The third kappa shape index (κ3) is 4.49. The molecule has 24 heavy (non-hydrogen) atoms. The van der Waals surface area contributed by atoms with Crippen LogP contribution in [0.5, 0.6) is 0 Å². The summed E-state index contributed by atoms with van der Waals surface area (Å²) < 4.78 is 5.37. The molecule has 1 heterocycles. The van der Waals surface area contributed by atoms with Gasteiger partial charge < -0.3 is 15.0 Å². The number of hydrogen-bond donors (Lipinski definition) is 1. The van der Waals surface area contributed by atoms with Gasteiger partial charge in [-0.15, -0.1) is 0 Å². The molecule has 0 radical (unpaired) electrons. The number of nitrogens with zero attached hydrogens (tertiary/aromatic N) is 1. The number of morpholine rings is 1. The van der Waals surface area contributed by atoms with Gasteiger partial charge in [0.25, 0.3) is 5.91 Å². The molecule has 1 fully saturated rings. The second kappa shape index (κ2) is 8.18. The minimum atomic E-state index is -0.0950. The number of amides is 1. The SMILES string of the molecule is O=C(NCCc1ccc(N2CCOCC2)cc1)c1cccc(Cl)c1. The lowest BCUT2D eigenvalue weighted by Gasteiger charge is -2.28. The highest BCUT2D eigenvalue weighted by molar-refractivity contribution is 6.30. The van der Waals surface area contributed by atoms with Crippen LogP contribution in [0.4, 0.5) is 5.69 Å². The Bertz CT molecular complexity index is 682. The molecule has 0 atom stereocenters. The van der Waals surface area contributed by atoms with Crippen molar-refractivity contribution in [1.29, 1.82) is 0 Å². The van der Waals surface area contributed by atoms with Crippen molar-refractivity contribution in [3.63, 3.8) is 0 Å². The monoisotopic (exact) mass is 344 g/mol. The summed E-state index contributed by atoms with van der Waals surface area (Å²) in [6, 6.07) is 15.5. The quantitative estimate of drug-likeness (QED) is 0.906. The average Bonchev–Trinajstić information content (AvgIpc) is 2.63. The van der Waals surface area contributed by atoms with Gasteiger partial charge in [0, 0.05) is 35.9 Å². The molecule has 0 saturated carbocycles. The first-order valence-electron chi connectivity index (χ1n) is 8.18. The highest BCUT2D eigenvalue weighted by Gasteiger charge is 2.11. The maximum atomic E-state index is 12.1. The molecule has 0 aliphatic carbocycles. The van der Waals surface area contributed by atoms with Crippen molar-refractivity contribution < 1.29 is 9.53 Å². The van der Waals surface area contributed by atoms with Gasteiger partial charge in [-0.3, -0.25) is 4.79 Å². The third-order valence-electron chi connectivity index (χ3n) is 4.10. The fourth-order valence-electron chi connectivity index (χ4n) is 2.75. The second-order valence-corrected chi connectivity index (χ2v) is 6.22. The highest BCUT2D eigenvalue weighted by Crippen LogP contribution is 2.17. The summed E-state index contributed by atoms with van der Waals surface area (Å²) in [5.41, 5.74) is 3.02. The average molecular weight is 345 g/mol. The van der Waals surface area contributed by atoms with Crippen molar-refractivity contribution in [2.24, 2.45) is 0 Å². The zero-order chi connectivity index (χ0) is 16.8. The van der Waals surface area contributed by atoms with Gasteiger partial charge in [-0.05, 0) is 42.3 Å². The minimum Gasteiger partial charge on any atom is -0.378 e. The standard InChI is InChI=1S/C19H21ClN2O2/c20-17-3-1-2-16(14-17)19(23)21-9-8-15-4-6-18(7-5-15)22-10-12-24-13-11-22/h1-7,14H,8-13H2,(H,21,23). The molecular formula is C19H21ClN2O2. The summed E-state index contributed by atoms with van der Waals surface area (Å²) in [6.45, 7) is 4.06. The number of carbonyl (C=O) groups excluding carboxylic acids is 1. The van der Waals surface area contributed by atoms with Gasteiger partial charge in [0.05, 0.1) is 13.2 Å². The van der Waals surface area contributed by atoms with E-state index in [4.69, 9.17) is 16.3 Å². The number of anilines is 1. The van der Waals surface area contributed by atoms with Gasteiger partial charge in [0.2, 0.25) is 0 Å². The zero-order valence-corrected chi connectivity index (χ0v) is 14.3. The predicted molar refractivity (Wildman–Crippen MR) is 97.0 cm³/mol. The zero-order valence-electron chi connectivity index (χ0n) is 13.5. The van der Waals surface area contributed by atoms with Crippen LogP contribution in [-0.4, -0.2) is 38.8 Å². The van der Waals surface area contributed by atoms with Crippen LogP contribution < -0.4 is 10.2 Å². The van der Waals surface area contributed by atoms with Crippen molar-refractivity contribution in [2.45, 2.75) is 6.42 Å². The van der Waals surface area contributed by atoms with Gasteiger partial charge in [-0.1, -0.05) is 29.8 Å². The Balaban J connectivity index is 1.49. The molecule has 1 aliphatic heterocycles. The molecule has 4 nitrogen and oxygen atoms in total. The Morgan fingerprint density at radius 1 is 1.12 bits per heavy atom. The van der Waals surface area contributed by atoms with Gasteiger partial charge in [0.1, 0.15) is 0 Å².